The fourth-order valence-corrected chi connectivity index (χ4v) is 1.38. The molecule has 0 aromatic carbocycles. The van der Waals surface area contributed by atoms with E-state index < -0.39 is 0 Å². The molecular weight excluding hydrogens is 184 g/mol. The minimum atomic E-state index is 0.0711. The first-order valence-corrected chi connectivity index (χ1v) is 4.41. The van der Waals surface area contributed by atoms with Crippen molar-refractivity contribution in [3.8, 4) is 0 Å². The second-order valence-corrected chi connectivity index (χ2v) is 3.20. The van der Waals surface area contributed by atoms with E-state index in [1.54, 1.807) is 12.5 Å². The maximum Gasteiger partial charge on any atom is 0.188 e. The maximum absolute atomic E-state index is 8.53. The first-order chi connectivity index (χ1) is 6.81. The van der Waals surface area contributed by atoms with Crippen molar-refractivity contribution in [3.63, 3.8) is 0 Å². The monoisotopic (exact) mass is 196 g/mol. The van der Waals surface area contributed by atoms with Crippen molar-refractivity contribution in [3.05, 3.63) is 18.2 Å². The van der Waals surface area contributed by atoms with Gasteiger partial charge in [0.05, 0.1) is 25.2 Å². The van der Waals surface area contributed by atoms with E-state index in [1.807, 2.05) is 4.57 Å². The molecule has 76 valence electrons. The van der Waals surface area contributed by atoms with Gasteiger partial charge in [-0.2, -0.15) is 0 Å². The molecule has 6 nitrogen and oxygen atoms in total. The van der Waals surface area contributed by atoms with E-state index in [0.29, 0.717) is 12.2 Å². The van der Waals surface area contributed by atoms with E-state index in [0.717, 1.165) is 13.0 Å². The average Bonchev–Trinajstić information content (AvgIpc) is 2.58. The highest BCUT2D eigenvalue weighted by molar-refractivity contribution is 5.95. The second-order valence-electron chi connectivity index (χ2n) is 3.20. The molecule has 0 aliphatic carbocycles. The van der Waals surface area contributed by atoms with E-state index in [9.17, 15) is 0 Å². The topological polar surface area (TPSA) is 85.7 Å². The molecule has 1 atom stereocenters. The number of aromatic nitrogens is 2. The molecule has 1 aromatic heterocycles. The Morgan fingerprint density at radius 3 is 3.21 bits per heavy atom. The maximum atomic E-state index is 8.53. The van der Waals surface area contributed by atoms with Crippen molar-refractivity contribution in [2.75, 3.05) is 6.61 Å². The van der Waals surface area contributed by atoms with Crippen LogP contribution in [-0.2, 0) is 11.3 Å². The molecule has 14 heavy (non-hydrogen) atoms. The molecule has 1 unspecified atom stereocenters. The van der Waals surface area contributed by atoms with Crippen molar-refractivity contribution in [2.24, 2.45) is 10.9 Å². The van der Waals surface area contributed by atoms with Crippen LogP contribution in [0.3, 0.4) is 0 Å². The number of hydrogen-bond donors (Lipinski definition) is 2. The van der Waals surface area contributed by atoms with Gasteiger partial charge in [0.2, 0.25) is 0 Å². The van der Waals surface area contributed by atoms with Gasteiger partial charge in [0.25, 0.3) is 0 Å². The molecule has 1 saturated heterocycles. The number of ether oxygens (including phenoxy) is 1. The van der Waals surface area contributed by atoms with Crippen molar-refractivity contribution in [1.82, 2.24) is 9.55 Å². The van der Waals surface area contributed by atoms with Crippen LogP contribution >= 0.6 is 0 Å². The number of hydrogen-bond acceptors (Lipinski definition) is 4. The number of imidazole rings is 1. The lowest BCUT2D eigenvalue weighted by Gasteiger charge is -2.27. The second kappa shape index (κ2) is 3.67. The van der Waals surface area contributed by atoms with Crippen LogP contribution in [0.4, 0.5) is 0 Å². The first kappa shape index (κ1) is 9.01. The Labute approximate surface area is 81.0 Å². The van der Waals surface area contributed by atoms with Crippen LogP contribution in [0.2, 0.25) is 0 Å². The fourth-order valence-electron chi connectivity index (χ4n) is 1.38. The Bertz CT molecular complexity index is 343. The lowest BCUT2D eigenvalue weighted by Crippen LogP contribution is -2.32. The molecule has 0 spiro atoms. The standard InChI is InChI=1S/C8H12N4O2/c9-8(11-13)7-3-10-5-12(7)4-6-1-2-14-6/h3,5-6,13H,1-2,4H2,(H2,9,11). The molecular formula is C8H12N4O2. The number of oxime groups is 1. The largest absolute Gasteiger partial charge is 0.409 e. The van der Waals surface area contributed by atoms with Gasteiger partial charge in [-0.1, -0.05) is 5.16 Å². The van der Waals surface area contributed by atoms with E-state index in [-0.39, 0.29) is 11.9 Å². The molecule has 2 rings (SSSR count). The van der Waals surface area contributed by atoms with Crippen LogP contribution in [0.25, 0.3) is 0 Å². The van der Waals surface area contributed by atoms with Gasteiger partial charge in [-0.05, 0) is 6.42 Å². The van der Waals surface area contributed by atoms with E-state index in [4.69, 9.17) is 15.7 Å². The van der Waals surface area contributed by atoms with E-state index in [2.05, 4.69) is 10.1 Å². The van der Waals surface area contributed by atoms with Crippen molar-refractivity contribution >= 4 is 5.84 Å². The van der Waals surface area contributed by atoms with Gasteiger partial charge in [0.1, 0.15) is 5.69 Å². The highest BCUT2D eigenvalue weighted by Gasteiger charge is 2.20. The molecule has 0 bridgehead atoms. The molecule has 0 saturated carbocycles. The van der Waals surface area contributed by atoms with E-state index in [1.165, 1.54) is 0 Å². The van der Waals surface area contributed by atoms with Crippen molar-refractivity contribution in [1.29, 1.82) is 0 Å². The van der Waals surface area contributed by atoms with Crippen molar-refractivity contribution < 1.29 is 9.94 Å². The van der Waals surface area contributed by atoms with Gasteiger partial charge in [-0.3, -0.25) is 0 Å². The number of nitrogens with two attached hydrogens (primary N) is 1. The van der Waals surface area contributed by atoms with Crippen LogP contribution in [0.5, 0.6) is 0 Å². The van der Waals surface area contributed by atoms with Gasteiger partial charge in [0.15, 0.2) is 5.84 Å². The van der Waals surface area contributed by atoms with Crippen LogP contribution < -0.4 is 5.73 Å². The van der Waals surface area contributed by atoms with Crippen LogP contribution in [0.15, 0.2) is 17.7 Å². The number of nitrogens with zero attached hydrogens (tertiary/aromatic N) is 3. The lowest BCUT2D eigenvalue weighted by atomic mass is 10.2. The Morgan fingerprint density at radius 1 is 1.86 bits per heavy atom. The van der Waals surface area contributed by atoms with Crippen LogP contribution in [0.1, 0.15) is 12.1 Å². The van der Waals surface area contributed by atoms with Crippen LogP contribution in [-0.4, -0.2) is 33.3 Å². The van der Waals surface area contributed by atoms with Gasteiger partial charge in [-0.25, -0.2) is 4.98 Å². The third kappa shape index (κ3) is 1.56. The van der Waals surface area contributed by atoms with Gasteiger partial charge in [0, 0.05) is 6.61 Å². The smallest absolute Gasteiger partial charge is 0.188 e. The fraction of sp³-hybridized carbons (Fsp3) is 0.500. The van der Waals surface area contributed by atoms with E-state index >= 15 is 0 Å². The zero-order valence-electron chi connectivity index (χ0n) is 7.63. The minimum Gasteiger partial charge on any atom is -0.409 e. The minimum absolute atomic E-state index is 0.0711. The third-order valence-corrected chi connectivity index (χ3v) is 2.28. The third-order valence-electron chi connectivity index (χ3n) is 2.28. The summed E-state index contributed by atoms with van der Waals surface area (Å²) < 4.78 is 7.10. The highest BCUT2D eigenvalue weighted by Crippen LogP contribution is 2.14. The Kier molecular flexibility index (Phi) is 2.36. The molecule has 1 aliphatic rings. The normalized spacial score (nSPS) is 22.0. The quantitative estimate of drug-likeness (QED) is 0.302. The summed E-state index contributed by atoms with van der Waals surface area (Å²) in [5.41, 5.74) is 6.09. The Morgan fingerprint density at radius 2 is 2.64 bits per heavy atom. The van der Waals surface area contributed by atoms with Gasteiger partial charge < -0.3 is 20.2 Å². The lowest BCUT2D eigenvalue weighted by molar-refractivity contribution is -0.0593. The summed E-state index contributed by atoms with van der Waals surface area (Å²) in [4.78, 5) is 3.94. The zero-order chi connectivity index (χ0) is 9.97. The average molecular weight is 196 g/mol. The summed E-state index contributed by atoms with van der Waals surface area (Å²) in [7, 11) is 0. The highest BCUT2D eigenvalue weighted by atomic mass is 16.5. The summed E-state index contributed by atoms with van der Waals surface area (Å²) in [6.45, 7) is 1.52. The summed E-state index contributed by atoms with van der Waals surface area (Å²) in [6, 6.07) is 0. The molecule has 1 fully saturated rings. The molecule has 6 heteroatoms. The Balaban J connectivity index is 2.12. The molecule has 0 amide bonds. The zero-order valence-corrected chi connectivity index (χ0v) is 7.63. The SMILES string of the molecule is NC(=NO)c1cncn1CC1CCO1. The van der Waals surface area contributed by atoms with Crippen LogP contribution in [0, 0.1) is 0 Å². The number of rotatable bonds is 3. The summed E-state index contributed by atoms with van der Waals surface area (Å²) in [5, 5.41) is 11.5. The summed E-state index contributed by atoms with van der Waals surface area (Å²) in [6.07, 6.45) is 4.49. The number of amidine groups is 1. The first-order valence-electron chi connectivity index (χ1n) is 4.41. The molecule has 1 aliphatic heterocycles. The molecule has 0 radical (unpaired) electrons. The summed E-state index contributed by atoms with van der Waals surface area (Å²) >= 11 is 0. The molecule has 1 aromatic rings. The van der Waals surface area contributed by atoms with Gasteiger partial charge >= 0.3 is 0 Å². The molecule has 2 heterocycles. The van der Waals surface area contributed by atoms with Crippen molar-refractivity contribution in [2.45, 2.75) is 19.1 Å². The summed E-state index contributed by atoms with van der Waals surface area (Å²) in [5.74, 6) is 0.0711. The predicted octanol–water partition coefficient (Wildman–Crippen LogP) is -0.234. The predicted molar refractivity (Wildman–Crippen MR) is 49.1 cm³/mol. The molecule has 3 N–H and O–H groups in total. The Hall–Kier alpha value is -1.56. The van der Waals surface area contributed by atoms with Gasteiger partial charge in [-0.15, -0.1) is 0 Å².